The molecule has 1 fully saturated rings. The molecule has 0 unspecified atom stereocenters. The second-order valence-electron chi connectivity index (χ2n) is 3.95. The first-order chi connectivity index (χ1) is 7.66. The number of hydrogen-bond donors (Lipinski definition) is 3. The SMILES string of the molecule is CNC1(NC)COC(CCCCl)(NC)OC1. The Kier molecular flexibility index (Phi) is 5.43. The summed E-state index contributed by atoms with van der Waals surface area (Å²) in [4.78, 5) is 0. The summed E-state index contributed by atoms with van der Waals surface area (Å²) in [6, 6.07) is 0. The van der Waals surface area contributed by atoms with Crippen molar-refractivity contribution in [1.82, 2.24) is 16.0 Å². The molecule has 0 aliphatic carbocycles. The molecule has 1 rings (SSSR count). The van der Waals surface area contributed by atoms with E-state index in [1.807, 2.05) is 21.1 Å². The average Bonchev–Trinajstić information content (AvgIpc) is 2.37. The molecule has 0 aromatic carbocycles. The van der Waals surface area contributed by atoms with E-state index in [0.29, 0.717) is 19.1 Å². The van der Waals surface area contributed by atoms with Crippen LogP contribution in [0.15, 0.2) is 0 Å². The van der Waals surface area contributed by atoms with Crippen LogP contribution in [0, 0.1) is 0 Å². The van der Waals surface area contributed by atoms with Crippen molar-refractivity contribution in [1.29, 1.82) is 0 Å². The highest BCUT2D eigenvalue weighted by Gasteiger charge is 2.42. The van der Waals surface area contributed by atoms with E-state index in [1.54, 1.807) is 0 Å². The van der Waals surface area contributed by atoms with E-state index in [-0.39, 0.29) is 5.66 Å². The van der Waals surface area contributed by atoms with Gasteiger partial charge in [-0.2, -0.15) is 0 Å². The van der Waals surface area contributed by atoms with Crippen LogP contribution in [0.25, 0.3) is 0 Å². The second kappa shape index (κ2) is 6.14. The first-order valence-electron chi connectivity index (χ1n) is 5.56. The largest absolute Gasteiger partial charge is 0.334 e. The van der Waals surface area contributed by atoms with Gasteiger partial charge < -0.3 is 9.47 Å². The summed E-state index contributed by atoms with van der Waals surface area (Å²) in [5, 5.41) is 9.42. The Morgan fingerprint density at radius 2 is 1.62 bits per heavy atom. The number of rotatable bonds is 6. The number of alkyl halides is 1. The Labute approximate surface area is 102 Å². The molecule has 1 saturated heterocycles. The van der Waals surface area contributed by atoms with Crippen molar-refractivity contribution in [3.05, 3.63) is 0 Å². The van der Waals surface area contributed by atoms with Gasteiger partial charge in [-0.25, -0.2) is 0 Å². The van der Waals surface area contributed by atoms with Crippen molar-refractivity contribution in [3.63, 3.8) is 0 Å². The van der Waals surface area contributed by atoms with Gasteiger partial charge in [0.25, 0.3) is 0 Å². The highest BCUT2D eigenvalue weighted by Crippen LogP contribution is 2.24. The van der Waals surface area contributed by atoms with Crippen LogP contribution in [0.1, 0.15) is 12.8 Å². The summed E-state index contributed by atoms with van der Waals surface area (Å²) in [7, 11) is 5.60. The standard InChI is InChI=1S/C10H22ClN3O2/c1-12-9(13-2)7-15-10(14-3,16-8-9)5-4-6-11/h12-14H,4-8H2,1-3H3. The molecule has 6 heteroatoms. The minimum Gasteiger partial charge on any atom is -0.334 e. The Bertz CT molecular complexity index is 202. The Balaban J connectivity index is 2.55. The fourth-order valence-corrected chi connectivity index (χ4v) is 1.82. The molecule has 0 spiro atoms. The van der Waals surface area contributed by atoms with Gasteiger partial charge in [0.15, 0.2) is 0 Å². The molecular formula is C10H22ClN3O2. The maximum Gasteiger partial charge on any atom is 0.227 e. The lowest BCUT2D eigenvalue weighted by molar-refractivity contribution is -0.310. The summed E-state index contributed by atoms with van der Waals surface area (Å²) in [5.41, 5.74) is -0.304. The maximum absolute atomic E-state index is 5.80. The summed E-state index contributed by atoms with van der Waals surface area (Å²) < 4.78 is 11.6. The predicted octanol–water partition coefficient (Wildman–Crippen LogP) is 0.0605. The molecule has 0 radical (unpaired) electrons. The zero-order chi connectivity index (χ0) is 12.1. The topological polar surface area (TPSA) is 54.5 Å². The molecule has 96 valence electrons. The van der Waals surface area contributed by atoms with Crippen LogP contribution in [0.4, 0.5) is 0 Å². The molecule has 0 bridgehead atoms. The summed E-state index contributed by atoms with van der Waals surface area (Å²) in [6.45, 7) is 1.09. The van der Waals surface area contributed by atoms with Crippen LogP contribution in [0.3, 0.4) is 0 Å². The van der Waals surface area contributed by atoms with E-state index in [1.165, 1.54) is 0 Å². The molecule has 1 heterocycles. The van der Waals surface area contributed by atoms with E-state index in [9.17, 15) is 0 Å². The van der Waals surface area contributed by atoms with Gasteiger partial charge in [0.1, 0.15) is 5.66 Å². The van der Waals surface area contributed by atoms with Gasteiger partial charge in [-0.05, 0) is 27.6 Å². The van der Waals surface area contributed by atoms with Gasteiger partial charge in [0, 0.05) is 12.3 Å². The molecule has 3 N–H and O–H groups in total. The zero-order valence-electron chi connectivity index (χ0n) is 10.2. The summed E-state index contributed by atoms with van der Waals surface area (Å²) in [6.07, 6.45) is 1.60. The lowest BCUT2D eigenvalue weighted by Gasteiger charge is -2.45. The van der Waals surface area contributed by atoms with Crippen molar-refractivity contribution in [2.45, 2.75) is 24.4 Å². The van der Waals surface area contributed by atoms with E-state index in [2.05, 4.69) is 16.0 Å². The lowest BCUT2D eigenvalue weighted by atomic mass is 10.1. The maximum atomic E-state index is 5.80. The van der Waals surface area contributed by atoms with E-state index in [4.69, 9.17) is 21.1 Å². The molecule has 0 aromatic heterocycles. The average molecular weight is 252 g/mol. The Hall–Kier alpha value is 0.0900. The van der Waals surface area contributed by atoms with E-state index in [0.717, 1.165) is 12.8 Å². The number of ether oxygens (including phenoxy) is 2. The minimum atomic E-state index is -0.688. The predicted molar refractivity (Wildman–Crippen MR) is 64.5 cm³/mol. The summed E-state index contributed by atoms with van der Waals surface area (Å²) >= 11 is 5.69. The third-order valence-electron chi connectivity index (χ3n) is 3.08. The number of likely N-dealkylation sites (N-methyl/N-ethyl adjacent to an activating group) is 2. The van der Waals surface area contributed by atoms with Crippen LogP contribution in [0.5, 0.6) is 0 Å². The first-order valence-corrected chi connectivity index (χ1v) is 6.10. The fourth-order valence-electron chi connectivity index (χ4n) is 1.69. The molecule has 1 aliphatic rings. The van der Waals surface area contributed by atoms with E-state index >= 15 is 0 Å². The van der Waals surface area contributed by atoms with Crippen molar-refractivity contribution in [3.8, 4) is 0 Å². The number of nitrogens with one attached hydrogen (secondary N) is 3. The second-order valence-corrected chi connectivity index (χ2v) is 4.33. The van der Waals surface area contributed by atoms with Crippen LogP contribution < -0.4 is 16.0 Å². The van der Waals surface area contributed by atoms with Crippen molar-refractivity contribution >= 4 is 11.6 Å². The molecule has 5 nitrogen and oxygen atoms in total. The normalized spacial score (nSPS) is 23.2. The van der Waals surface area contributed by atoms with Gasteiger partial charge in [-0.15, -0.1) is 11.6 Å². The van der Waals surface area contributed by atoms with Gasteiger partial charge in [0.05, 0.1) is 13.2 Å². The highest BCUT2D eigenvalue weighted by molar-refractivity contribution is 6.17. The van der Waals surface area contributed by atoms with Gasteiger partial charge in [-0.1, -0.05) is 0 Å². The van der Waals surface area contributed by atoms with Crippen LogP contribution in [-0.2, 0) is 9.47 Å². The van der Waals surface area contributed by atoms with Crippen LogP contribution in [0.2, 0.25) is 0 Å². The van der Waals surface area contributed by atoms with Gasteiger partial charge in [-0.3, -0.25) is 16.0 Å². The smallest absolute Gasteiger partial charge is 0.227 e. The molecular weight excluding hydrogens is 230 g/mol. The lowest BCUT2D eigenvalue weighted by Crippen LogP contribution is -2.68. The third-order valence-corrected chi connectivity index (χ3v) is 3.35. The molecule has 0 aromatic rings. The molecule has 0 amide bonds. The monoisotopic (exact) mass is 251 g/mol. The first kappa shape index (κ1) is 14.2. The van der Waals surface area contributed by atoms with Gasteiger partial charge >= 0.3 is 0 Å². The molecule has 16 heavy (non-hydrogen) atoms. The highest BCUT2D eigenvalue weighted by atomic mass is 35.5. The Morgan fingerprint density at radius 3 is 2.00 bits per heavy atom. The molecule has 1 aliphatic heterocycles. The fraction of sp³-hybridized carbons (Fsp3) is 1.00. The van der Waals surface area contributed by atoms with Crippen molar-refractivity contribution < 1.29 is 9.47 Å². The zero-order valence-corrected chi connectivity index (χ0v) is 11.0. The van der Waals surface area contributed by atoms with Crippen LogP contribution in [-0.4, -0.2) is 51.8 Å². The quantitative estimate of drug-likeness (QED) is 0.461. The van der Waals surface area contributed by atoms with Gasteiger partial charge in [0.2, 0.25) is 5.91 Å². The van der Waals surface area contributed by atoms with E-state index < -0.39 is 5.91 Å². The van der Waals surface area contributed by atoms with Crippen molar-refractivity contribution in [2.24, 2.45) is 0 Å². The molecule has 0 atom stereocenters. The third kappa shape index (κ3) is 3.06. The molecule has 0 saturated carbocycles. The summed E-state index contributed by atoms with van der Waals surface area (Å²) in [5.74, 6) is -0.0779. The van der Waals surface area contributed by atoms with Crippen LogP contribution >= 0.6 is 11.6 Å². The minimum absolute atomic E-state index is 0.304. The van der Waals surface area contributed by atoms with Crippen molar-refractivity contribution in [2.75, 3.05) is 40.2 Å². The Morgan fingerprint density at radius 1 is 1.06 bits per heavy atom. The number of halogens is 1. The number of hydrogen-bond acceptors (Lipinski definition) is 5.